The van der Waals surface area contributed by atoms with Gasteiger partial charge in [-0.1, -0.05) is 5.16 Å². The summed E-state index contributed by atoms with van der Waals surface area (Å²) in [7, 11) is 1.40. The fourth-order valence-corrected chi connectivity index (χ4v) is 2.34. The minimum atomic E-state index is -0.550. The van der Waals surface area contributed by atoms with Gasteiger partial charge in [0.05, 0.1) is 4.92 Å². The Morgan fingerprint density at radius 3 is 2.77 bits per heavy atom. The summed E-state index contributed by atoms with van der Waals surface area (Å²) < 4.78 is 5.18. The third kappa shape index (κ3) is 3.88. The Hall–Kier alpha value is -2.29. The number of thiol groups is 1. The molecular formula is C13H15N3O5S. The highest BCUT2D eigenvalue weighted by molar-refractivity contribution is 7.81. The van der Waals surface area contributed by atoms with Crippen LogP contribution in [0.15, 0.2) is 29.4 Å². The van der Waals surface area contributed by atoms with E-state index < -0.39 is 11.0 Å². The van der Waals surface area contributed by atoms with Crippen molar-refractivity contribution in [3.8, 4) is 0 Å². The third-order valence-electron chi connectivity index (χ3n) is 3.05. The zero-order valence-electron chi connectivity index (χ0n) is 11.8. The van der Waals surface area contributed by atoms with Gasteiger partial charge in [0, 0.05) is 30.3 Å². The quantitative estimate of drug-likeness (QED) is 0.520. The number of rotatable bonds is 4. The molecule has 0 N–H and O–H groups in total. The summed E-state index contributed by atoms with van der Waals surface area (Å²) in [6, 6.07) is 5.81. The number of ether oxygens (including phenoxy) is 1. The van der Waals surface area contributed by atoms with Crippen molar-refractivity contribution in [1.29, 1.82) is 0 Å². The monoisotopic (exact) mass is 325 g/mol. The minimum Gasteiger partial charge on any atom is -0.444 e. The molecule has 0 unspecified atom stereocenters. The predicted octanol–water partition coefficient (Wildman–Crippen LogP) is 2.20. The van der Waals surface area contributed by atoms with Gasteiger partial charge in [-0.15, -0.1) is 0 Å². The first kappa shape index (κ1) is 16.1. The molecular weight excluding hydrogens is 310 g/mol. The van der Waals surface area contributed by atoms with Crippen LogP contribution in [-0.4, -0.2) is 40.7 Å². The SMILES string of the molecule is CO/N=C1/C[C@H](S)CN1C(=O)OCc1ccc([N+](=O)[O-])cc1. The van der Waals surface area contributed by atoms with Gasteiger partial charge < -0.3 is 9.57 Å². The van der Waals surface area contributed by atoms with Crippen LogP contribution in [0.1, 0.15) is 12.0 Å². The van der Waals surface area contributed by atoms with Crippen LogP contribution in [-0.2, 0) is 16.2 Å². The summed E-state index contributed by atoms with van der Waals surface area (Å²) in [6.07, 6.45) is -0.0328. The molecule has 9 heteroatoms. The van der Waals surface area contributed by atoms with E-state index in [1.165, 1.54) is 24.1 Å². The Bertz CT molecular complexity index is 590. The highest BCUT2D eigenvalue weighted by Gasteiger charge is 2.32. The van der Waals surface area contributed by atoms with Crippen LogP contribution in [0, 0.1) is 10.1 Å². The van der Waals surface area contributed by atoms with E-state index in [1.807, 2.05) is 0 Å². The standard InChI is InChI=1S/C13H15N3O5S/c1-20-14-12-6-11(22)7-15(12)13(17)21-8-9-2-4-10(5-3-9)16(18)19/h2-5,11,22H,6-8H2,1H3/b14-12-/t11-/m0/s1. The molecule has 8 nitrogen and oxygen atoms in total. The molecule has 1 saturated heterocycles. The maximum atomic E-state index is 12.0. The average Bonchev–Trinajstić information content (AvgIpc) is 2.86. The second-order valence-electron chi connectivity index (χ2n) is 4.64. The second-order valence-corrected chi connectivity index (χ2v) is 5.37. The summed E-state index contributed by atoms with van der Waals surface area (Å²) in [5.41, 5.74) is 0.646. The molecule has 1 aliphatic heterocycles. The topological polar surface area (TPSA) is 94.3 Å². The lowest BCUT2D eigenvalue weighted by Gasteiger charge is -2.16. The van der Waals surface area contributed by atoms with E-state index in [0.717, 1.165) is 0 Å². The number of oxime groups is 1. The van der Waals surface area contributed by atoms with Gasteiger partial charge in [0.25, 0.3) is 5.69 Å². The smallest absolute Gasteiger partial charge is 0.415 e. The van der Waals surface area contributed by atoms with E-state index in [9.17, 15) is 14.9 Å². The number of nitrogens with zero attached hydrogens (tertiary/aromatic N) is 3. The normalized spacial score (nSPS) is 19.3. The first-order chi connectivity index (χ1) is 10.5. The molecule has 0 radical (unpaired) electrons. The molecule has 1 aliphatic rings. The maximum Gasteiger partial charge on any atom is 0.415 e. The average molecular weight is 325 g/mol. The fourth-order valence-electron chi connectivity index (χ4n) is 2.01. The molecule has 1 heterocycles. The molecule has 118 valence electrons. The molecule has 22 heavy (non-hydrogen) atoms. The lowest BCUT2D eigenvalue weighted by molar-refractivity contribution is -0.384. The highest BCUT2D eigenvalue weighted by Crippen LogP contribution is 2.19. The Kier molecular flexibility index (Phi) is 5.21. The summed E-state index contributed by atoms with van der Waals surface area (Å²) in [5, 5.41) is 14.3. The molecule has 1 aromatic carbocycles. The number of amides is 1. The van der Waals surface area contributed by atoms with Gasteiger partial charge in [0.15, 0.2) is 5.84 Å². The van der Waals surface area contributed by atoms with E-state index in [0.29, 0.717) is 24.4 Å². The van der Waals surface area contributed by atoms with Crippen LogP contribution in [0.3, 0.4) is 0 Å². The van der Waals surface area contributed by atoms with Crippen molar-refractivity contribution in [2.75, 3.05) is 13.7 Å². The minimum absolute atomic E-state index is 0.0120. The maximum absolute atomic E-state index is 12.0. The number of amidine groups is 1. The van der Waals surface area contributed by atoms with Gasteiger partial charge in [0.1, 0.15) is 13.7 Å². The Labute approximate surface area is 132 Å². The number of hydrogen-bond donors (Lipinski definition) is 1. The Balaban J connectivity index is 1.94. The van der Waals surface area contributed by atoms with Gasteiger partial charge >= 0.3 is 6.09 Å². The van der Waals surface area contributed by atoms with Gasteiger partial charge in [-0.05, 0) is 17.7 Å². The van der Waals surface area contributed by atoms with Crippen molar-refractivity contribution >= 4 is 30.2 Å². The first-order valence-corrected chi connectivity index (χ1v) is 6.98. The lowest BCUT2D eigenvalue weighted by Crippen LogP contribution is -2.33. The van der Waals surface area contributed by atoms with Crippen LogP contribution < -0.4 is 0 Å². The van der Waals surface area contributed by atoms with E-state index in [-0.39, 0.29) is 17.5 Å². The number of benzene rings is 1. The molecule has 1 atom stereocenters. The first-order valence-electron chi connectivity index (χ1n) is 6.47. The van der Waals surface area contributed by atoms with Crippen molar-refractivity contribution in [2.45, 2.75) is 18.3 Å². The van der Waals surface area contributed by atoms with Gasteiger partial charge in [-0.3, -0.25) is 15.0 Å². The van der Waals surface area contributed by atoms with E-state index in [4.69, 9.17) is 9.57 Å². The molecule has 0 aromatic heterocycles. The van der Waals surface area contributed by atoms with Crippen molar-refractivity contribution in [3.05, 3.63) is 39.9 Å². The number of hydrogen-bond acceptors (Lipinski definition) is 7. The zero-order chi connectivity index (χ0) is 16.1. The molecule has 2 rings (SSSR count). The van der Waals surface area contributed by atoms with Crippen LogP contribution in [0.2, 0.25) is 0 Å². The Morgan fingerprint density at radius 2 is 2.18 bits per heavy atom. The van der Waals surface area contributed by atoms with Gasteiger partial charge in [-0.25, -0.2) is 4.79 Å². The number of likely N-dealkylation sites (tertiary alicyclic amines) is 1. The van der Waals surface area contributed by atoms with E-state index >= 15 is 0 Å². The Morgan fingerprint density at radius 1 is 1.50 bits per heavy atom. The molecule has 0 aliphatic carbocycles. The summed E-state index contributed by atoms with van der Waals surface area (Å²) in [4.78, 5) is 28.2. The second kappa shape index (κ2) is 7.12. The fraction of sp³-hybridized carbons (Fsp3) is 0.385. The van der Waals surface area contributed by atoms with Crippen LogP contribution in [0.25, 0.3) is 0 Å². The number of carbonyl (C=O) groups is 1. The van der Waals surface area contributed by atoms with Gasteiger partial charge in [0.2, 0.25) is 0 Å². The van der Waals surface area contributed by atoms with Crippen LogP contribution >= 0.6 is 12.6 Å². The molecule has 1 amide bonds. The summed E-state index contributed by atoms with van der Waals surface area (Å²) in [6.45, 7) is 0.412. The predicted molar refractivity (Wildman–Crippen MR) is 81.8 cm³/mol. The third-order valence-corrected chi connectivity index (χ3v) is 3.40. The largest absolute Gasteiger partial charge is 0.444 e. The molecule has 1 fully saturated rings. The van der Waals surface area contributed by atoms with Crippen molar-refractivity contribution < 1.29 is 19.3 Å². The van der Waals surface area contributed by atoms with Crippen molar-refractivity contribution in [1.82, 2.24) is 4.90 Å². The molecule has 0 bridgehead atoms. The highest BCUT2D eigenvalue weighted by atomic mass is 32.1. The zero-order valence-corrected chi connectivity index (χ0v) is 12.7. The summed E-state index contributed by atoms with van der Waals surface area (Å²) in [5.74, 6) is 0.469. The number of nitro benzene ring substituents is 1. The number of carbonyl (C=O) groups excluding carboxylic acids is 1. The number of nitro groups is 1. The van der Waals surface area contributed by atoms with Crippen LogP contribution in [0.4, 0.5) is 10.5 Å². The lowest BCUT2D eigenvalue weighted by atomic mass is 10.2. The van der Waals surface area contributed by atoms with E-state index in [1.54, 1.807) is 12.1 Å². The van der Waals surface area contributed by atoms with Crippen molar-refractivity contribution in [3.63, 3.8) is 0 Å². The number of non-ortho nitro benzene ring substituents is 1. The van der Waals surface area contributed by atoms with E-state index in [2.05, 4.69) is 17.8 Å². The summed E-state index contributed by atoms with van der Waals surface area (Å²) >= 11 is 4.32. The van der Waals surface area contributed by atoms with Crippen molar-refractivity contribution in [2.24, 2.45) is 5.16 Å². The van der Waals surface area contributed by atoms with Gasteiger partial charge in [-0.2, -0.15) is 12.6 Å². The van der Waals surface area contributed by atoms with Crippen LogP contribution in [0.5, 0.6) is 0 Å². The molecule has 0 saturated carbocycles. The molecule has 1 aromatic rings. The molecule has 0 spiro atoms.